The molecule has 0 spiro atoms. The van der Waals surface area contributed by atoms with Crippen molar-refractivity contribution >= 4 is 46.8 Å². The second-order valence-corrected chi connectivity index (χ2v) is 10.8. The highest BCUT2D eigenvalue weighted by atomic mass is 32.2. The highest BCUT2D eigenvalue weighted by molar-refractivity contribution is 7.98. The molecule has 3 aromatic carbocycles. The lowest BCUT2D eigenvalue weighted by Gasteiger charge is -2.26. The minimum atomic E-state index is -1.06. The lowest BCUT2D eigenvalue weighted by atomic mass is 9.93. The lowest BCUT2D eigenvalue weighted by molar-refractivity contribution is -0.140. The lowest BCUT2D eigenvalue weighted by Crippen LogP contribution is -2.40. The molecule has 208 valence electrons. The predicted molar refractivity (Wildman–Crippen MR) is 159 cm³/mol. The SMILES string of the molecule is CCOC(=O)C1=C(c2ccccc2)N=c2s/c(=C\c3ccc(OCC(=O)O)cc3)c(=O)n2[C@@H]1c1ccc(SC)cc1. The van der Waals surface area contributed by atoms with Gasteiger partial charge in [0.15, 0.2) is 11.4 Å². The molecule has 1 aliphatic heterocycles. The van der Waals surface area contributed by atoms with Crippen LogP contribution in [0.2, 0.25) is 0 Å². The van der Waals surface area contributed by atoms with Gasteiger partial charge in [-0.3, -0.25) is 9.36 Å². The maximum absolute atomic E-state index is 14.0. The highest BCUT2D eigenvalue weighted by Crippen LogP contribution is 2.35. The van der Waals surface area contributed by atoms with Crippen LogP contribution >= 0.6 is 23.1 Å². The fraction of sp³-hybridized carbons (Fsp3) is 0.161. The standard InChI is InChI=1S/C31H26N2O6S2/c1-3-38-30(37)26-27(20-7-5-4-6-8-20)32-31-33(28(26)21-11-15-23(40-2)16-12-21)29(36)24(41-31)17-19-9-13-22(14-10-19)39-18-25(34)35/h4-17,28H,3,18H2,1-2H3,(H,34,35)/b24-17-/t28-/m1/s1. The number of hydrogen-bond acceptors (Lipinski definition) is 8. The fourth-order valence-electron chi connectivity index (χ4n) is 4.50. The summed E-state index contributed by atoms with van der Waals surface area (Å²) in [5, 5.41) is 8.83. The number of carbonyl (C=O) groups excluding carboxylic acids is 1. The van der Waals surface area contributed by atoms with E-state index in [4.69, 9.17) is 19.6 Å². The van der Waals surface area contributed by atoms with E-state index in [1.165, 1.54) is 11.3 Å². The molecule has 0 bridgehead atoms. The Balaban J connectivity index is 1.70. The molecular weight excluding hydrogens is 560 g/mol. The minimum Gasteiger partial charge on any atom is -0.482 e. The summed E-state index contributed by atoms with van der Waals surface area (Å²) in [6, 6.07) is 23.2. The average molecular weight is 587 g/mol. The first-order chi connectivity index (χ1) is 19.9. The van der Waals surface area contributed by atoms with E-state index in [0.29, 0.717) is 26.4 Å². The zero-order chi connectivity index (χ0) is 28.9. The number of rotatable bonds is 9. The average Bonchev–Trinajstić information content (AvgIpc) is 3.30. The van der Waals surface area contributed by atoms with Crippen LogP contribution in [0.25, 0.3) is 11.8 Å². The Labute approximate surface area is 243 Å². The normalized spacial score (nSPS) is 14.8. The molecule has 0 amide bonds. The monoisotopic (exact) mass is 586 g/mol. The molecule has 10 heteroatoms. The van der Waals surface area contributed by atoms with E-state index in [9.17, 15) is 14.4 Å². The second-order valence-electron chi connectivity index (χ2n) is 8.96. The highest BCUT2D eigenvalue weighted by Gasteiger charge is 2.35. The first kappa shape index (κ1) is 28.1. The molecule has 8 nitrogen and oxygen atoms in total. The Hall–Kier alpha value is -4.41. The van der Waals surface area contributed by atoms with Gasteiger partial charge in [-0.25, -0.2) is 14.6 Å². The number of carbonyl (C=O) groups is 2. The smallest absolute Gasteiger partial charge is 0.341 e. The molecule has 4 aromatic rings. The quantitative estimate of drug-likeness (QED) is 0.232. The van der Waals surface area contributed by atoms with Gasteiger partial charge in [-0.15, -0.1) is 11.8 Å². The zero-order valence-corrected chi connectivity index (χ0v) is 23.9. The van der Waals surface area contributed by atoms with Crippen LogP contribution in [0.3, 0.4) is 0 Å². The number of ether oxygens (including phenoxy) is 2. The topological polar surface area (TPSA) is 107 Å². The molecule has 0 aliphatic carbocycles. The Morgan fingerprint density at radius 3 is 2.39 bits per heavy atom. The van der Waals surface area contributed by atoms with Crippen LogP contribution in [0, 0.1) is 0 Å². The first-order valence-corrected chi connectivity index (χ1v) is 14.8. The van der Waals surface area contributed by atoms with Crippen molar-refractivity contribution < 1.29 is 24.2 Å². The molecular formula is C31H26N2O6S2. The van der Waals surface area contributed by atoms with E-state index in [1.807, 2.05) is 60.9 Å². The number of esters is 1. The molecule has 1 aliphatic rings. The summed E-state index contributed by atoms with van der Waals surface area (Å²) in [6.07, 6.45) is 3.73. The molecule has 0 fully saturated rings. The second kappa shape index (κ2) is 12.4. The van der Waals surface area contributed by atoms with Crippen LogP contribution in [-0.4, -0.2) is 41.1 Å². The van der Waals surface area contributed by atoms with Gasteiger partial charge in [0.25, 0.3) is 5.56 Å². The van der Waals surface area contributed by atoms with Gasteiger partial charge in [-0.1, -0.05) is 65.9 Å². The van der Waals surface area contributed by atoms with Crippen LogP contribution in [0.5, 0.6) is 5.75 Å². The summed E-state index contributed by atoms with van der Waals surface area (Å²) < 4.78 is 12.7. The van der Waals surface area contributed by atoms with Crippen molar-refractivity contribution in [2.45, 2.75) is 17.9 Å². The van der Waals surface area contributed by atoms with Crippen molar-refractivity contribution in [3.05, 3.63) is 121 Å². The number of benzene rings is 3. The molecule has 0 saturated carbocycles. The number of nitrogens with zero attached hydrogens (tertiary/aromatic N) is 2. The van der Waals surface area contributed by atoms with Crippen LogP contribution in [0.1, 0.15) is 29.7 Å². The van der Waals surface area contributed by atoms with Gasteiger partial charge in [0.05, 0.1) is 28.5 Å². The van der Waals surface area contributed by atoms with E-state index in [0.717, 1.165) is 21.6 Å². The summed E-state index contributed by atoms with van der Waals surface area (Å²) in [4.78, 5) is 44.6. The van der Waals surface area contributed by atoms with Crippen LogP contribution in [0.4, 0.5) is 0 Å². The number of carboxylic acids is 1. The summed E-state index contributed by atoms with van der Waals surface area (Å²) in [5.41, 5.74) is 2.72. The predicted octanol–water partition coefficient (Wildman–Crippen LogP) is 4.12. The van der Waals surface area contributed by atoms with E-state index >= 15 is 0 Å². The Morgan fingerprint density at radius 2 is 1.76 bits per heavy atom. The van der Waals surface area contributed by atoms with Gasteiger partial charge in [0.2, 0.25) is 0 Å². The van der Waals surface area contributed by atoms with Gasteiger partial charge in [0, 0.05) is 10.5 Å². The maximum atomic E-state index is 14.0. The molecule has 1 aromatic heterocycles. The molecule has 0 unspecified atom stereocenters. The summed E-state index contributed by atoms with van der Waals surface area (Å²) in [7, 11) is 0. The summed E-state index contributed by atoms with van der Waals surface area (Å²) in [5.74, 6) is -1.18. The fourth-order valence-corrected chi connectivity index (χ4v) is 5.91. The number of thiazole rings is 1. The summed E-state index contributed by atoms with van der Waals surface area (Å²) >= 11 is 2.84. The van der Waals surface area contributed by atoms with E-state index in [-0.39, 0.29) is 12.2 Å². The van der Waals surface area contributed by atoms with Crippen molar-refractivity contribution in [2.24, 2.45) is 4.99 Å². The molecule has 41 heavy (non-hydrogen) atoms. The number of hydrogen-bond donors (Lipinski definition) is 1. The maximum Gasteiger partial charge on any atom is 0.341 e. The number of aliphatic carboxylic acids is 1. The molecule has 1 N–H and O–H groups in total. The zero-order valence-electron chi connectivity index (χ0n) is 22.3. The van der Waals surface area contributed by atoms with Crippen LogP contribution in [-0.2, 0) is 14.3 Å². The van der Waals surface area contributed by atoms with Gasteiger partial charge in [0.1, 0.15) is 5.75 Å². The molecule has 0 saturated heterocycles. The molecule has 0 radical (unpaired) electrons. The third kappa shape index (κ3) is 6.03. The van der Waals surface area contributed by atoms with Crippen molar-refractivity contribution in [1.82, 2.24) is 4.57 Å². The number of fused-ring (bicyclic) bond motifs is 1. The van der Waals surface area contributed by atoms with E-state index in [2.05, 4.69) is 0 Å². The third-order valence-electron chi connectivity index (χ3n) is 6.35. The first-order valence-electron chi connectivity index (χ1n) is 12.8. The number of thioether (sulfide) groups is 1. The molecule has 5 rings (SSSR count). The van der Waals surface area contributed by atoms with Crippen molar-refractivity contribution in [3.8, 4) is 5.75 Å². The molecule has 2 heterocycles. The minimum absolute atomic E-state index is 0.180. The summed E-state index contributed by atoms with van der Waals surface area (Å²) in [6.45, 7) is 1.48. The van der Waals surface area contributed by atoms with Crippen molar-refractivity contribution in [1.29, 1.82) is 0 Å². The third-order valence-corrected chi connectivity index (χ3v) is 8.07. The Morgan fingerprint density at radius 1 is 1.05 bits per heavy atom. The van der Waals surface area contributed by atoms with Gasteiger partial charge < -0.3 is 14.6 Å². The Bertz CT molecular complexity index is 1790. The number of carboxylic acid groups (broad SMARTS) is 1. The largest absolute Gasteiger partial charge is 0.482 e. The van der Waals surface area contributed by atoms with Crippen LogP contribution < -0.4 is 19.6 Å². The number of aromatic nitrogens is 1. The molecule has 1 atom stereocenters. The van der Waals surface area contributed by atoms with E-state index in [1.54, 1.807) is 53.6 Å². The Kier molecular flexibility index (Phi) is 8.51. The van der Waals surface area contributed by atoms with Crippen molar-refractivity contribution in [3.63, 3.8) is 0 Å². The van der Waals surface area contributed by atoms with E-state index < -0.39 is 24.6 Å². The van der Waals surface area contributed by atoms with Gasteiger partial charge in [-0.2, -0.15) is 0 Å². The van der Waals surface area contributed by atoms with Gasteiger partial charge in [-0.05, 0) is 54.6 Å². The van der Waals surface area contributed by atoms with Crippen LogP contribution in [0.15, 0.2) is 99.1 Å². The van der Waals surface area contributed by atoms with Gasteiger partial charge >= 0.3 is 11.9 Å². The van der Waals surface area contributed by atoms with Crippen molar-refractivity contribution in [2.75, 3.05) is 19.5 Å².